The minimum Gasteiger partial charge on any atom is -0.321 e. The molecule has 0 unspecified atom stereocenters. The second kappa shape index (κ2) is 11.1. The standard InChI is InChI=1S/C32H37F4N2/c1-5-21-15-24-16-23(22-9-7-8-10-22)17-27(25(6-2)26(24)18-28(21)33)29-13-11-20(19-38-29)12-14-30(37)31(3,4)32(34,35)36/h11-13,15,17-19,22,37H,5-10,14,16H2,1-4H3/q-1. The van der Waals surface area contributed by atoms with Crippen LogP contribution in [0.15, 0.2) is 42.1 Å². The van der Waals surface area contributed by atoms with Crippen molar-refractivity contribution in [1.82, 2.24) is 4.98 Å². The summed E-state index contributed by atoms with van der Waals surface area (Å²) in [7, 11) is 0. The fourth-order valence-electron chi connectivity index (χ4n) is 5.56. The SMILES string of the molecule is CCC1=C(c2ccc([CH-]CC(=N)C(C)(C)C(F)(F)F)cn2)C=C(C2CCCC2)Cc2cc(CC)c(F)cc21. The minimum absolute atomic E-state index is 0.103. The first-order chi connectivity index (χ1) is 18.0. The fraction of sp³-hybridized carbons (Fsp3) is 0.469. The van der Waals surface area contributed by atoms with E-state index >= 15 is 0 Å². The molecule has 0 spiro atoms. The number of halogens is 4. The summed E-state index contributed by atoms with van der Waals surface area (Å²) in [6.07, 6.45) is 7.92. The predicted octanol–water partition coefficient (Wildman–Crippen LogP) is 9.33. The molecule has 2 aliphatic carbocycles. The minimum atomic E-state index is -4.47. The number of allylic oxidation sites excluding steroid dienone is 4. The third-order valence-corrected chi connectivity index (χ3v) is 8.33. The van der Waals surface area contributed by atoms with Crippen LogP contribution in [-0.2, 0) is 12.8 Å². The Morgan fingerprint density at radius 3 is 2.37 bits per heavy atom. The largest absolute Gasteiger partial charge is 0.399 e. The van der Waals surface area contributed by atoms with Crippen LogP contribution in [0.2, 0.25) is 0 Å². The molecule has 204 valence electrons. The molecular formula is C32H37F4N2-. The smallest absolute Gasteiger partial charge is 0.321 e. The number of alkyl halides is 3. The second-order valence-corrected chi connectivity index (χ2v) is 11.1. The van der Waals surface area contributed by atoms with Crippen LogP contribution in [0.5, 0.6) is 0 Å². The molecule has 38 heavy (non-hydrogen) atoms. The Hall–Kier alpha value is -2.89. The number of pyridine rings is 1. The van der Waals surface area contributed by atoms with Crippen molar-refractivity contribution in [3.63, 3.8) is 0 Å². The van der Waals surface area contributed by atoms with Gasteiger partial charge in [0.2, 0.25) is 0 Å². The highest BCUT2D eigenvalue weighted by Crippen LogP contribution is 2.42. The molecule has 1 fully saturated rings. The van der Waals surface area contributed by atoms with Crippen LogP contribution >= 0.6 is 0 Å². The molecule has 0 radical (unpaired) electrons. The number of hydrogen-bond donors (Lipinski definition) is 1. The lowest BCUT2D eigenvalue weighted by Gasteiger charge is -2.29. The van der Waals surface area contributed by atoms with E-state index in [1.807, 2.05) is 25.1 Å². The first kappa shape index (κ1) is 28.1. The van der Waals surface area contributed by atoms with Gasteiger partial charge in [0, 0.05) is 17.0 Å². The molecule has 2 nitrogen and oxygen atoms in total. The molecular weight excluding hydrogens is 488 g/mol. The van der Waals surface area contributed by atoms with E-state index in [0.29, 0.717) is 17.9 Å². The van der Waals surface area contributed by atoms with Gasteiger partial charge >= 0.3 is 6.18 Å². The van der Waals surface area contributed by atoms with E-state index in [4.69, 9.17) is 10.4 Å². The number of nitrogens with zero attached hydrogens (tertiary/aromatic N) is 1. The topological polar surface area (TPSA) is 36.7 Å². The van der Waals surface area contributed by atoms with Gasteiger partial charge < -0.3 is 10.4 Å². The molecule has 2 aromatic rings. The van der Waals surface area contributed by atoms with E-state index in [2.05, 4.69) is 13.0 Å². The number of fused-ring (bicyclic) bond motifs is 1. The van der Waals surface area contributed by atoms with E-state index in [1.165, 1.54) is 36.8 Å². The van der Waals surface area contributed by atoms with Crippen molar-refractivity contribution in [3.8, 4) is 0 Å². The molecule has 1 saturated carbocycles. The Bertz CT molecular complexity index is 1240. The summed E-state index contributed by atoms with van der Waals surface area (Å²) in [6, 6.07) is 7.45. The Labute approximate surface area is 223 Å². The summed E-state index contributed by atoms with van der Waals surface area (Å²) in [5.41, 5.74) is 5.16. The lowest BCUT2D eigenvalue weighted by atomic mass is 9.83. The zero-order valence-electron chi connectivity index (χ0n) is 22.7. The highest BCUT2D eigenvalue weighted by atomic mass is 19.4. The maximum Gasteiger partial charge on any atom is 0.399 e. The Morgan fingerprint density at radius 2 is 1.79 bits per heavy atom. The van der Waals surface area contributed by atoms with Gasteiger partial charge in [0.15, 0.2) is 0 Å². The lowest BCUT2D eigenvalue weighted by molar-refractivity contribution is -0.186. The summed E-state index contributed by atoms with van der Waals surface area (Å²) in [4.78, 5) is 4.70. The highest BCUT2D eigenvalue weighted by molar-refractivity contribution is 5.96. The van der Waals surface area contributed by atoms with Crippen LogP contribution in [0.1, 0.15) is 94.2 Å². The van der Waals surface area contributed by atoms with Crippen LogP contribution in [-0.4, -0.2) is 16.9 Å². The molecule has 0 amide bonds. The van der Waals surface area contributed by atoms with Crippen molar-refractivity contribution in [3.05, 3.63) is 82.3 Å². The number of aromatic nitrogens is 1. The average Bonchev–Trinajstić information content (AvgIpc) is 3.37. The zero-order chi connectivity index (χ0) is 27.7. The summed E-state index contributed by atoms with van der Waals surface area (Å²) in [6.45, 7) is 6.13. The van der Waals surface area contributed by atoms with Crippen molar-refractivity contribution in [2.24, 2.45) is 11.3 Å². The van der Waals surface area contributed by atoms with Crippen LogP contribution in [0.25, 0.3) is 11.1 Å². The average molecular weight is 526 g/mol. The quantitative estimate of drug-likeness (QED) is 0.208. The van der Waals surface area contributed by atoms with E-state index in [0.717, 1.165) is 54.7 Å². The van der Waals surface area contributed by atoms with Gasteiger partial charge in [-0.2, -0.15) is 31.2 Å². The van der Waals surface area contributed by atoms with E-state index in [-0.39, 0.29) is 17.9 Å². The van der Waals surface area contributed by atoms with Crippen LogP contribution in [0, 0.1) is 29.0 Å². The number of rotatable bonds is 8. The first-order valence-corrected chi connectivity index (χ1v) is 13.7. The van der Waals surface area contributed by atoms with Gasteiger partial charge in [0.25, 0.3) is 0 Å². The van der Waals surface area contributed by atoms with E-state index in [9.17, 15) is 17.6 Å². The second-order valence-electron chi connectivity index (χ2n) is 11.1. The summed E-state index contributed by atoms with van der Waals surface area (Å²) >= 11 is 0. The van der Waals surface area contributed by atoms with Gasteiger partial charge in [-0.25, -0.2) is 4.39 Å². The summed E-state index contributed by atoms with van der Waals surface area (Å²) < 4.78 is 54.8. The molecule has 1 aromatic carbocycles. The Morgan fingerprint density at radius 1 is 1.08 bits per heavy atom. The first-order valence-electron chi connectivity index (χ1n) is 13.7. The fourth-order valence-corrected chi connectivity index (χ4v) is 5.56. The van der Waals surface area contributed by atoms with Gasteiger partial charge in [0.05, 0.1) is 5.41 Å². The molecule has 0 bridgehead atoms. The molecule has 2 aliphatic rings. The van der Waals surface area contributed by atoms with Crippen molar-refractivity contribution in [1.29, 1.82) is 5.41 Å². The summed E-state index contributed by atoms with van der Waals surface area (Å²) in [5, 5.41) is 7.98. The lowest BCUT2D eigenvalue weighted by Crippen LogP contribution is -2.39. The van der Waals surface area contributed by atoms with E-state index in [1.54, 1.807) is 18.7 Å². The molecule has 0 atom stereocenters. The molecule has 0 aliphatic heterocycles. The van der Waals surface area contributed by atoms with Crippen molar-refractivity contribution < 1.29 is 17.6 Å². The molecule has 1 aromatic heterocycles. The molecule has 6 heteroatoms. The number of hydrogen-bond acceptors (Lipinski definition) is 2. The maximum absolute atomic E-state index is 15.0. The van der Waals surface area contributed by atoms with Crippen LogP contribution in [0.3, 0.4) is 0 Å². The number of aryl methyl sites for hydroxylation is 1. The van der Waals surface area contributed by atoms with Gasteiger partial charge in [0.1, 0.15) is 5.82 Å². The van der Waals surface area contributed by atoms with E-state index < -0.39 is 11.6 Å². The third kappa shape index (κ3) is 5.60. The van der Waals surface area contributed by atoms with Gasteiger partial charge in [-0.1, -0.05) is 56.7 Å². The third-order valence-electron chi connectivity index (χ3n) is 8.33. The molecule has 0 saturated heterocycles. The van der Waals surface area contributed by atoms with Crippen LogP contribution in [0.4, 0.5) is 17.6 Å². The van der Waals surface area contributed by atoms with Crippen molar-refractivity contribution in [2.75, 3.05) is 0 Å². The number of benzene rings is 1. The Balaban J connectivity index is 1.69. The summed E-state index contributed by atoms with van der Waals surface area (Å²) in [5.74, 6) is 0.336. The van der Waals surface area contributed by atoms with Gasteiger partial charge in [-0.3, -0.25) is 0 Å². The normalized spacial score (nSPS) is 16.8. The molecule has 1 N–H and O–H groups in total. The van der Waals surface area contributed by atoms with Crippen molar-refractivity contribution >= 4 is 16.9 Å². The van der Waals surface area contributed by atoms with Crippen molar-refractivity contribution in [2.45, 2.75) is 85.2 Å². The van der Waals surface area contributed by atoms with Gasteiger partial charge in [-0.15, -0.1) is 0 Å². The molecule has 4 rings (SSSR count). The highest BCUT2D eigenvalue weighted by Gasteiger charge is 2.49. The Kier molecular flexibility index (Phi) is 8.20. The zero-order valence-corrected chi connectivity index (χ0v) is 22.7. The maximum atomic E-state index is 15.0. The van der Waals surface area contributed by atoms with Gasteiger partial charge in [-0.05, 0) is 86.6 Å². The molecule has 1 heterocycles. The van der Waals surface area contributed by atoms with Crippen LogP contribution < -0.4 is 0 Å². The monoisotopic (exact) mass is 525 g/mol. The number of nitrogens with one attached hydrogen (secondary N) is 1. The predicted molar refractivity (Wildman–Crippen MR) is 146 cm³/mol.